The van der Waals surface area contributed by atoms with Gasteiger partial charge in [-0.1, -0.05) is 12.1 Å². The number of anilines is 1. The van der Waals surface area contributed by atoms with Gasteiger partial charge in [-0.3, -0.25) is 4.68 Å². The van der Waals surface area contributed by atoms with Gasteiger partial charge in [0.05, 0.1) is 11.8 Å². The van der Waals surface area contributed by atoms with E-state index in [-0.39, 0.29) is 5.56 Å². The smallest absolute Gasteiger partial charge is 0.335 e. The first-order valence-corrected chi connectivity index (χ1v) is 5.12. The Morgan fingerprint density at radius 1 is 1.47 bits per heavy atom. The maximum Gasteiger partial charge on any atom is 0.335 e. The number of aromatic carboxylic acids is 1. The fraction of sp³-hybridized carbons (Fsp3) is 0.167. The van der Waals surface area contributed by atoms with E-state index in [2.05, 4.69) is 5.10 Å². The Kier molecular flexibility index (Phi) is 2.59. The largest absolute Gasteiger partial charge is 0.478 e. The first-order valence-electron chi connectivity index (χ1n) is 5.12. The van der Waals surface area contributed by atoms with Crippen LogP contribution in [0.25, 0.3) is 11.1 Å². The average molecular weight is 231 g/mol. The first-order chi connectivity index (χ1) is 8.00. The standard InChI is InChI=1S/C12H13N3O2/c1-7-3-4-8(5-9(7)12(16)17)10-6-14-15(2)11(10)13/h3-6H,13H2,1-2H3,(H,16,17). The normalized spacial score (nSPS) is 10.5. The Balaban J connectivity index is 2.58. The van der Waals surface area contributed by atoms with Crippen LogP contribution in [0.1, 0.15) is 15.9 Å². The van der Waals surface area contributed by atoms with Gasteiger partial charge in [0.25, 0.3) is 0 Å². The summed E-state index contributed by atoms with van der Waals surface area (Å²) in [5.41, 5.74) is 8.37. The number of hydrogen-bond donors (Lipinski definition) is 2. The highest BCUT2D eigenvalue weighted by Gasteiger charge is 2.12. The van der Waals surface area contributed by atoms with Gasteiger partial charge in [0, 0.05) is 12.6 Å². The quantitative estimate of drug-likeness (QED) is 0.823. The van der Waals surface area contributed by atoms with Gasteiger partial charge in [0.1, 0.15) is 5.82 Å². The molecule has 2 aromatic rings. The monoisotopic (exact) mass is 231 g/mol. The zero-order valence-corrected chi connectivity index (χ0v) is 9.64. The Bertz CT molecular complexity index is 587. The molecular weight excluding hydrogens is 218 g/mol. The summed E-state index contributed by atoms with van der Waals surface area (Å²) in [5, 5.41) is 13.1. The van der Waals surface area contributed by atoms with Crippen molar-refractivity contribution in [1.29, 1.82) is 0 Å². The summed E-state index contributed by atoms with van der Waals surface area (Å²) in [5.74, 6) is -0.419. The number of nitrogens with zero attached hydrogens (tertiary/aromatic N) is 2. The molecule has 0 amide bonds. The van der Waals surface area contributed by atoms with Crippen LogP contribution in [-0.2, 0) is 7.05 Å². The molecule has 1 aromatic heterocycles. The fourth-order valence-corrected chi connectivity index (χ4v) is 1.69. The molecule has 1 heterocycles. The molecule has 3 N–H and O–H groups in total. The van der Waals surface area contributed by atoms with Crippen LogP contribution in [0, 0.1) is 6.92 Å². The van der Waals surface area contributed by atoms with Crippen molar-refractivity contribution in [2.24, 2.45) is 7.05 Å². The van der Waals surface area contributed by atoms with Crippen LogP contribution in [0.4, 0.5) is 5.82 Å². The molecule has 0 spiro atoms. The molecule has 1 aromatic carbocycles. The molecule has 0 bridgehead atoms. The molecule has 5 nitrogen and oxygen atoms in total. The molecule has 88 valence electrons. The Hall–Kier alpha value is -2.30. The van der Waals surface area contributed by atoms with Gasteiger partial charge in [-0.15, -0.1) is 0 Å². The first kappa shape index (κ1) is 11.2. The number of aromatic nitrogens is 2. The number of hydrogen-bond acceptors (Lipinski definition) is 3. The number of rotatable bonds is 2. The van der Waals surface area contributed by atoms with E-state index < -0.39 is 5.97 Å². The number of nitrogens with two attached hydrogens (primary N) is 1. The second-order valence-electron chi connectivity index (χ2n) is 3.90. The minimum absolute atomic E-state index is 0.283. The van der Waals surface area contributed by atoms with E-state index in [9.17, 15) is 4.79 Å². The number of carboxylic acid groups (broad SMARTS) is 1. The van der Waals surface area contributed by atoms with Crippen molar-refractivity contribution < 1.29 is 9.90 Å². The van der Waals surface area contributed by atoms with Crippen molar-refractivity contribution in [3.63, 3.8) is 0 Å². The molecule has 0 atom stereocenters. The Labute approximate surface area is 98.5 Å². The highest BCUT2D eigenvalue weighted by molar-refractivity contribution is 5.91. The van der Waals surface area contributed by atoms with E-state index in [1.54, 1.807) is 37.0 Å². The third-order valence-electron chi connectivity index (χ3n) is 2.76. The van der Waals surface area contributed by atoms with Crippen molar-refractivity contribution in [2.75, 3.05) is 5.73 Å². The topological polar surface area (TPSA) is 81.1 Å². The van der Waals surface area contributed by atoms with Crippen LogP contribution in [-0.4, -0.2) is 20.9 Å². The molecular formula is C12H13N3O2. The van der Waals surface area contributed by atoms with Crippen LogP contribution in [0.5, 0.6) is 0 Å². The van der Waals surface area contributed by atoms with Gasteiger partial charge in [-0.2, -0.15) is 5.10 Å². The second kappa shape index (κ2) is 3.93. The summed E-state index contributed by atoms with van der Waals surface area (Å²) in [7, 11) is 1.74. The fourth-order valence-electron chi connectivity index (χ4n) is 1.69. The van der Waals surface area contributed by atoms with Gasteiger partial charge in [0.2, 0.25) is 0 Å². The van der Waals surface area contributed by atoms with Crippen LogP contribution in [0.2, 0.25) is 0 Å². The van der Waals surface area contributed by atoms with Crippen LogP contribution in [0.3, 0.4) is 0 Å². The van der Waals surface area contributed by atoms with E-state index in [1.165, 1.54) is 0 Å². The number of benzene rings is 1. The lowest BCUT2D eigenvalue weighted by molar-refractivity contribution is 0.0696. The van der Waals surface area contributed by atoms with Crippen molar-refractivity contribution in [3.05, 3.63) is 35.5 Å². The van der Waals surface area contributed by atoms with E-state index in [4.69, 9.17) is 10.8 Å². The molecule has 0 saturated heterocycles. The molecule has 0 saturated carbocycles. The van der Waals surface area contributed by atoms with E-state index >= 15 is 0 Å². The predicted octanol–water partition coefficient (Wildman–Crippen LogP) is 1.68. The van der Waals surface area contributed by atoms with E-state index in [1.807, 2.05) is 6.07 Å². The second-order valence-corrected chi connectivity index (χ2v) is 3.90. The lowest BCUT2D eigenvalue weighted by atomic mass is 10.0. The van der Waals surface area contributed by atoms with Crippen LogP contribution < -0.4 is 5.73 Å². The zero-order valence-electron chi connectivity index (χ0n) is 9.64. The highest BCUT2D eigenvalue weighted by Crippen LogP contribution is 2.26. The minimum Gasteiger partial charge on any atom is -0.478 e. The molecule has 0 unspecified atom stereocenters. The average Bonchev–Trinajstić information content (AvgIpc) is 2.60. The van der Waals surface area contributed by atoms with Crippen molar-refractivity contribution in [3.8, 4) is 11.1 Å². The maximum absolute atomic E-state index is 11.0. The third-order valence-corrected chi connectivity index (χ3v) is 2.76. The summed E-state index contributed by atoms with van der Waals surface area (Å²) >= 11 is 0. The highest BCUT2D eigenvalue weighted by atomic mass is 16.4. The molecule has 0 aliphatic rings. The lowest BCUT2D eigenvalue weighted by Gasteiger charge is -2.05. The summed E-state index contributed by atoms with van der Waals surface area (Å²) in [6.45, 7) is 1.76. The third kappa shape index (κ3) is 1.87. The number of aryl methyl sites for hydroxylation is 2. The minimum atomic E-state index is -0.938. The Morgan fingerprint density at radius 3 is 2.71 bits per heavy atom. The summed E-state index contributed by atoms with van der Waals surface area (Å²) < 4.78 is 1.55. The van der Waals surface area contributed by atoms with Crippen molar-refractivity contribution in [1.82, 2.24) is 9.78 Å². The SMILES string of the molecule is Cc1ccc(-c2cnn(C)c2N)cc1C(=O)O. The molecule has 0 aliphatic carbocycles. The van der Waals surface area contributed by atoms with Crippen molar-refractivity contribution >= 4 is 11.8 Å². The number of carboxylic acids is 1. The van der Waals surface area contributed by atoms with Gasteiger partial charge in [0.15, 0.2) is 0 Å². The number of nitrogen functional groups attached to an aromatic ring is 1. The summed E-state index contributed by atoms with van der Waals surface area (Å²) in [4.78, 5) is 11.0. The molecule has 0 fully saturated rings. The van der Waals surface area contributed by atoms with Crippen molar-refractivity contribution in [2.45, 2.75) is 6.92 Å². The predicted molar refractivity (Wildman–Crippen MR) is 64.8 cm³/mol. The Morgan fingerprint density at radius 2 is 2.18 bits per heavy atom. The van der Waals surface area contributed by atoms with E-state index in [0.29, 0.717) is 5.82 Å². The van der Waals surface area contributed by atoms with Gasteiger partial charge in [-0.05, 0) is 24.1 Å². The summed E-state index contributed by atoms with van der Waals surface area (Å²) in [6.07, 6.45) is 1.63. The summed E-state index contributed by atoms with van der Waals surface area (Å²) in [6, 6.07) is 5.23. The van der Waals surface area contributed by atoms with Gasteiger partial charge < -0.3 is 10.8 Å². The van der Waals surface area contributed by atoms with Crippen LogP contribution in [0.15, 0.2) is 24.4 Å². The van der Waals surface area contributed by atoms with Gasteiger partial charge >= 0.3 is 5.97 Å². The van der Waals surface area contributed by atoms with Gasteiger partial charge in [-0.25, -0.2) is 4.79 Å². The molecule has 0 radical (unpaired) electrons. The zero-order chi connectivity index (χ0) is 12.6. The van der Waals surface area contributed by atoms with E-state index in [0.717, 1.165) is 16.7 Å². The number of carbonyl (C=O) groups is 1. The molecule has 2 rings (SSSR count). The van der Waals surface area contributed by atoms with Crippen LogP contribution >= 0.6 is 0 Å². The lowest BCUT2D eigenvalue weighted by Crippen LogP contribution is -2.01. The molecule has 5 heteroatoms. The molecule has 17 heavy (non-hydrogen) atoms. The maximum atomic E-state index is 11.0. The molecule has 0 aliphatic heterocycles.